The van der Waals surface area contributed by atoms with Crippen LogP contribution in [0, 0.1) is 12.8 Å². The predicted molar refractivity (Wildman–Crippen MR) is 97.9 cm³/mol. The lowest BCUT2D eigenvalue weighted by Gasteiger charge is -2.33. The van der Waals surface area contributed by atoms with Crippen molar-refractivity contribution in [1.82, 2.24) is 19.5 Å². The summed E-state index contributed by atoms with van der Waals surface area (Å²) in [7, 11) is 2.02. The molecule has 6 heteroatoms. The Balaban J connectivity index is 1.39. The maximum absolute atomic E-state index is 6.00. The molecule has 0 spiro atoms. The van der Waals surface area contributed by atoms with Gasteiger partial charge in [0.1, 0.15) is 23.5 Å². The SMILES string of the molecule is Cc1cnccc1OCC1CCN(c2ncnc3c2ccn3C)CC1. The second kappa shape index (κ2) is 6.70. The van der Waals surface area contributed by atoms with E-state index in [9.17, 15) is 0 Å². The fourth-order valence-corrected chi connectivity index (χ4v) is 3.46. The Labute approximate surface area is 147 Å². The summed E-state index contributed by atoms with van der Waals surface area (Å²) in [6.45, 7) is 4.81. The van der Waals surface area contributed by atoms with Gasteiger partial charge in [0.25, 0.3) is 0 Å². The number of hydrogen-bond donors (Lipinski definition) is 0. The van der Waals surface area contributed by atoms with Crippen LogP contribution < -0.4 is 9.64 Å². The highest BCUT2D eigenvalue weighted by Crippen LogP contribution is 2.28. The van der Waals surface area contributed by atoms with E-state index in [0.29, 0.717) is 5.92 Å². The molecule has 130 valence electrons. The van der Waals surface area contributed by atoms with Gasteiger partial charge in [-0.2, -0.15) is 0 Å². The molecule has 0 radical (unpaired) electrons. The second-order valence-corrected chi connectivity index (χ2v) is 6.74. The number of hydrogen-bond acceptors (Lipinski definition) is 5. The van der Waals surface area contributed by atoms with Crippen molar-refractivity contribution in [3.05, 3.63) is 42.6 Å². The molecule has 0 saturated carbocycles. The van der Waals surface area contributed by atoms with Crippen LogP contribution in [-0.4, -0.2) is 39.2 Å². The van der Waals surface area contributed by atoms with Crippen LogP contribution in [0.4, 0.5) is 5.82 Å². The van der Waals surface area contributed by atoms with Crippen molar-refractivity contribution in [3.8, 4) is 5.75 Å². The number of pyridine rings is 1. The highest BCUT2D eigenvalue weighted by molar-refractivity contribution is 5.87. The smallest absolute Gasteiger partial charge is 0.145 e. The van der Waals surface area contributed by atoms with Crippen LogP contribution in [0.2, 0.25) is 0 Å². The van der Waals surface area contributed by atoms with Crippen molar-refractivity contribution < 1.29 is 4.74 Å². The van der Waals surface area contributed by atoms with Gasteiger partial charge in [0, 0.05) is 44.3 Å². The van der Waals surface area contributed by atoms with Crippen LogP contribution in [-0.2, 0) is 7.05 Å². The number of aryl methyl sites for hydroxylation is 2. The van der Waals surface area contributed by atoms with Crippen LogP contribution >= 0.6 is 0 Å². The molecule has 0 bridgehead atoms. The highest BCUT2D eigenvalue weighted by Gasteiger charge is 2.22. The van der Waals surface area contributed by atoms with Crippen LogP contribution in [0.15, 0.2) is 37.1 Å². The molecule has 0 amide bonds. The van der Waals surface area contributed by atoms with E-state index in [1.165, 1.54) is 0 Å². The van der Waals surface area contributed by atoms with E-state index < -0.39 is 0 Å². The van der Waals surface area contributed by atoms with Gasteiger partial charge in [-0.25, -0.2) is 9.97 Å². The van der Waals surface area contributed by atoms with Crippen molar-refractivity contribution >= 4 is 16.9 Å². The lowest BCUT2D eigenvalue weighted by Crippen LogP contribution is -2.36. The molecule has 0 atom stereocenters. The van der Waals surface area contributed by atoms with Gasteiger partial charge >= 0.3 is 0 Å². The molecule has 0 unspecified atom stereocenters. The quantitative estimate of drug-likeness (QED) is 0.732. The molecule has 4 heterocycles. The minimum absolute atomic E-state index is 0.580. The zero-order valence-electron chi connectivity index (χ0n) is 14.7. The third-order valence-corrected chi connectivity index (χ3v) is 5.00. The molecule has 1 fully saturated rings. The van der Waals surface area contributed by atoms with Gasteiger partial charge in [0.15, 0.2) is 0 Å². The standard InChI is InChI=1S/C19H23N5O/c1-14-11-20-7-3-17(14)25-12-15-4-9-24(10-5-15)19-16-6-8-23(2)18(16)21-13-22-19/h3,6-8,11,13,15H,4-5,9-10,12H2,1-2H3. The van der Waals surface area contributed by atoms with Crippen LogP contribution in [0.3, 0.4) is 0 Å². The van der Waals surface area contributed by atoms with Gasteiger partial charge in [-0.1, -0.05) is 0 Å². The van der Waals surface area contributed by atoms with Crippen LogP contribution in [0.5, 0.6) is 5.75 Å². The molecule has 0 N–H and O–H groups in total. The average molecular weight is 337 g/mol. The zero-order chi connectivity index (χ0) is 17.2. The Morgan fingerprint density at radius 1 is 1.20 bits per heavy atom. The van der Waals surface area contributed by atoms with E-state index in [1.54, 1.807) is 12.5 Å². The first-order valence-corrected chi connectivity index (χ1v) is 8.77. The number of nitrogens with zero attached hydrogens (tertiary/aromatic N) is 5. The van der Waals surface area contributed by atoms with E-state index in [1.807, 2.05) is 37.0 Å². The Kier molecular flexibility index (Phi) is 4.26. The topological polar surface area (TPSA) is 56.1 Å². The molecule has 3 aromatic rings. The van der Waals surface area contributed by atoms with Crippen molar-refractivity contribution in [2.24, 2.45) is 13.0 Å². The molecule has 1 aliphatic rings. The molecule has 1 aliphatic heterocycles. The third-order valence-electron chi connectivity index (χ3n) is 5.00. The number of aromatic nitrogens is 4. The summed E-state index contributed by atoms with van der Waals surface area (Å²) in [5, 5.41) is 1.13. The van der Waals surface area contributed by atoms with Crippen molar-refractivity contribution in [2.45, 2.75) is 19.8 Å². The number of piperidine rings is 1. The summed E-state index contributed by atoms with van der Waals surface area (Å²) in [5.74, 6) is 2.58. The average Bonchev–Trinajstić information content (AvgIpc) is 3.03. The summed E-state index contributed by atoms with van der Waals surface area (Å²) in [4.78, 5) is 15.4. The molecule has 6 nitrogen and oxygen atoms in total. The summed E-state index contributed by atoms with van der Waals surface area (Å²) < 4.78 is 8.04. The predicted octanol–water partition coefficient (Wildman–Crippen LogP) is 2.97. The summed E-state index contributed by atoms with van der Waals surface area (Å²) in [6.07, 6.45) is 9.56. The van der Waals surface area contributed by atoms with Crippen molar-refractivity contribution in [3.63, 3.8) is 0 Å². The first kappa shape index (κ1) is 15.9. The molecule has 4 rings (SSSR count). The van der Waals surface area contributed by atoms with Gasteiger partial charge in [0.2, 0.25) is 0 Å². The highest BCUT2D eigenvalue weighted by atomic mass is 16.5. The summed E-state index contributed by atoms with van der Waals surface area (Å²) in [5.41, 5.74) is 2.08. The Morgan fingerprint density at radius 2 is 2.04 bits per heavy atom. The Hall–Kier alpha value is -2.63. The molecular formula is C19H23N5O. The number of fused-ring (bicyclic) bond motifs is 1. The number of rotatable bonds is 4. The fraction of sp³-hybridized carbons (Fsp3) is 0.421. The summed E-state index contributed by atoms with van der Waals surface area (Å²) >= 11 is 0. The monoisotopic (exact) mass is 337 g/mol. The van der Waals surface area contributed by atoms with Gasteiger partial charge < -0.3 is 14.2 Å². The molecule has 3 aromatic heterocycles. The van der Waals surface area contributed by atoms with Crippen molar-refractivity contribution in [2.75, 3.05) is 24.6 Å². The normalized spacial score (nSPS) is 15.7. The third kappa shape index (κ3) is 3.16. The summed E-state index contributed by atoms with van der Waals surface area (Å²) in [6, 6.07) is 4.05. The maximum atomic E-state index is 6.00. The first-order chi connectivity index (χ1) is 12.2. The van der Waals surface area contributed by atoms with E-state index >= 15 is 0 Å². The molecule has 1 saturated heterocycles. The van der Waals surface area contributed by atoms with E-state index in [2.05, 4.69) is 25.9 Å². The zero-order valence-corrected chi connectivity index (χ0v) is 14.7. The Morgan fingerprint density at radius 3 is 2.84 bits per heavy atom. The first-order valence-electron chi connectivity index (χ1n) is 8.77. The fourth-order valence-electron chi connectivity index (χ4n) is 3.46. The minimum atomic E-state index is 0.580. The number of ether oxygens (including phenoxy) is 1. The molecular weight excluding hydrogens is 314 g/mol. The minimum Gasteiger partial charge on any atom is -0.493 e. The van der Waals surface area contributed by atoms with Gasteiger partial charge in [-0.3, -0.25) is 4.98 Å². The Bertz CT molecular complexity index is 867. The van der Waals surface area contributed by atoms with Gasteiger partial charge in [-0.15, -0.1) is 0 Å². The second-order valence-electron chi connectivity index (χ2n) is 6.74. The number of anilines is 1. The van der Waals surface area contributed by atoms with Crippen LogP contribution in [0.1, 0.15) is 18.4 Å². The molecule has 0 aliphatic carbocycles. The maximum Gasteiger partial charge on any atom is 0.145 e. The molecule has 0 aromatic carbocycles. The van der Waals surface area contributed by atoms with E-state index in [-0.39, 0.29) is 0 Å². The van der Waals surface area contributed by atoms with E-state index in [0.717, 1.165) is 60.7 Å². The largest absolute Gasteiger partial charge is 0.493 e. The van der Waals surface area contributed by atoms with Crippen LogP contribution in [0.25, 0.3) is 11.0 Å². The van der Waals surface area contributed by atoms with Gasteiger partial charge in [0.05, 0.1) is 12.0 Å². The lowest BCUT2D eigenvalue weighted by molar-refractivity contribution is 0.221. The molecule has 25 heavy (non-hydrogen) atoms. The van der Waals surface area contributed by atoms with Gasteiger partial charge in [-0.05, 0) is 37.8 Å². The van der Waals surface area contributed by atoms with Crippen molar-refractivity contribution in [1.29, 1.82) is 0 Å². The van der Waals surface area contributed by atoms with E-state index in [4.69, 9.17) is 4.74 Å². The lowest BCUT2D eigenvalue weighted by atomic mass is 9.97.